The van der Waals surface area contributed by atoms with Gasteiger partial charge in [0.25, 0.3) is 0 Å². The highest BCUT2D eigenvalue weighted by Crippen LogP contribution is 2.15. The molecule has 0 amide bonds. The van der Waals surface area contributed by atoms with Crippen molar-refractivity contribution in [3.63, 3.8) is 0 Å². The third-order valence-corrected chi connectivity index (χ3v) is 2.02. The Bertz CT molecular complexity index is 243. The van der Waals surface area contributed by atoms with Crippen molar-refractivity contribution in [2.24, 2.45) is 0 Å². The van der Waals surface area contributed by atoms with Crippen molar-refractivity contribution >= 4 is 0 Å². The number of nitrogens with zero attached hydrogens (tertiary/aromatic N) is 1. The number of hydrogen-bond donors (Lipinski definition) is 2. The van der Waals surface area contributed by atoms with Gasteiger partial charge in [-0.05, 0) is 0 Å². The number of aromatic amines is 1. The number of hydrogen-bond acceptors (Lipinski definition) is 2. The molecule has 0 spiro atoms. The molecule has 0 aliphatic carbocycles. The molecule has 0 saturated carbocycles. The lowest BCUT2D eigenvalue weighted by molar-refractivity contribution is 0.470. The quantitative estimate of drug-likeness (QED) is 0.621. The zero-order valence-corrected chi connectivity index (χ0v) is 6.15. The molecular weight excluding hydrogens is 145 g/mol. The van der Waals surface area contributed by atoms with Crippen molar-refractivity contribution in [1.82, 2.24) is 15.5 Å². The second-order valence-electron chi connectivity index (χ2n) is 2.69. The van der Waals surface area contributed by atoms with E-state index in [2.05, 4.69) is 15.5 Å². The Kier molecular flexibility index (Phi) is 1.62. The van der Waals surface area contributed by atoms with E-state index in [9.17, 15) is 4.39 Å². The van der Waals surface area contributed by atoms with Gasteiger partial charge in [-0.3, -0.25) is 5.10 Å². The first-order chi connectivity index (χ1) is 5.42. The van der Waals surface area contributed by atoms with Gasteiger partial charge in [0.15, 0.2) is 0 Å². The van der Waals surface area contributed by atoms with E-state index in [1.54, 1.807) is 0 Å². The lowest BCUT2D eigenvalue weighted by Gasteiger charge is -2.11. The molecule has 2 rings (SSSR count). The van der Waals surface area contributed by atoms with Crippen molar-refractivity contribution in [1.29, 1.82) is 0 Å². The van der Waals surface area contributed by atoms with Crippen LogP contribution in [0, 0.1) is 0 Å². The van der Waals surface area contributed by atoms with E-state index in [4.69, 9.17) is 0 Å². The maximum atomic E-state index is 12.2. The molecule has 1 aromatic heterocycles. The summed E-state index contributed by atoms with van der Waals surface area (Å²) in [6, 6.07) is 0. The van der Waals surface area contributed by atoms with E-state index >= 15 is 0 Å². The average Bonchev–Trinajstić information content (AvgIpc) is 2.47. The second kappa shape index (κ2) is 2.62. The van der Waals surface area contributed by atoms with Crippen molar-refractivity contribution in [2.45, 2.75) is 19.6 Å². The fourth-order valence-corrected chi connectivity index (χ4v) is 1.40. The molecule has 0 unspecified atom stereocenters. The molecule has 0 bridgehead atoms. The highest BCUT2D eigenvalue weighted by Gasteiger charge is 2.15. The van der Waals surface area contributed by atoms with Crippen LogP contribution < -0.4 is 5.32 Å². The predicted molar refractivity (Wildman–Crippen MR) is 38.8 cm³/mol. The normalized spacial score (nSPS) is 16.5. The Morgan fingerprint density at radius 1 is 1.55 bits per heavy atom. The number of halogens is 1. The van der Waals surface area contributed by atoms with Gasteiger partial charge < -0.3 is 5.32 Å². The van der Waals surface area contributed by atoms with Gasteiger partial charge in [-0.15, -0.1) is 0 Å². The smallest absolute Gasteiger partial charge is 0.134 e. The molecule has 1 aliphatic heterocycles. The second-order valence-corrected chi connectivity index (χ2v) is 2.69. The molecule has 4 heteroatoms. The van der Waals surface area contributed by atoms with Crippen LogP contribution in [-0.2, 0) is 19.6 Å². The minimum absolute atomic E-state index is 0.465. The monoisotopic (exact) mass is 155 g/mol. The highest BCUT2D eigenvalue weighted by molar-refractivity contribution is 5.26. The highest BCUT2D eigenvalue weighted by atomic mass is 19.1. The lowest BCUT2D eigenvalue weighted by atomic mass is 10.1. The summed E-state index contributed by atoms with van der Waals surface area (Å²) >= 11 is 0. The van der Waals surface area contributed by atoms with Gasteiger partial charge in [-0.2, -0.15) is 5.10 Å². The summed E-state index contributed by atoms with van der Waals surface area (Å²) in [5, 5.41) is 9.90. The predicted octanol–water partition coefficient (Wildman–Crippen LogP) is 0.525. The van der Waals surface area contributed by atoms with Crippen LogP contribution in [0.4, 0.5) is 4.39 Å². The number of alkyl halides is 1. The van der Waals surface area contributed by atoms with Crippen molar-refractivity contribution in [3.8, 4) is 0 Å². The first-order valence-electron chi connectivity index (χ1n) is 3.73. The molecule has 0 fully saturated rings. The number of H-pyrrole nitrogens is 1. The first kappa shape index (κ1) is 6.79. The fraction of sp³-hybridized carbons (Fsp3) is 0.571. The number of nitrogens with one attached hydrogen (secondary N) is 2. The maximum Gasteiger partial charge on any atom is 0.134 e. The molecule has 0 atom stereocenters. The fourth-order valence-electron chi connectivity index (χ4n) is 1.40. The number of rotatable bonds is 1. The zero-order valence-electron chi connectivity index (χ0n) is 6.15. The summed E-state index contributed by atoms with van der Waals surface area (Å²) in [5.74, 6) is 0. The Balaban J connectivity index is 2.38. The Labute approximate surface area is 64.0 Å². The largest absolute Gasteiger partial charge is 0.312 e. The Morgan fingerprint density at radius 2 is 2.45 bits per heavy atom. The molecule has 3 nitrogen and oxygen atoms in total. The lowest BCUT2D eigenvalue weighted by Crippen LogP contribution is -2.23. The molecule has 0 aromatic carbocycles. The van der Waals surface area contributed by atoms with Crippen LogP contribution >= 0.6 is 0 Å². The molecule has 2 N–H and O–H groups in total. The van der Waals surface area contributed by atoms with Crippen LogP contribution in [0.1, 0.15) is 17.0 Å². The van der Waals surface area contributed by atoms with E-state index < -0.39 is 6.67 Å². The van der Waals surface area contributed by atoms with Crippen LogP contribution in [0.3, 0.4) is 0 Å². The number of fused-ring (bicyclic) bond motifs is 1. The summed E-state index contributed by atoms with van der Waals surface area (Å²) in [7, 11) is 0. The standard InChI is InChI=1S/C7H10FN3/c8-3-7-5-4-9-2-1-6(5)10-11-7/h9H,1-4H2,(H,10,11). The Morgan fingerprint density at radius 3 is 3.27 bits per heavy atom. The summed E-state index contributed by atoms with van der Waals surface area (Å²) in [6.45, 7) is 1.25. The van der Waals surface area contributed by atoms with Crippen LogP contribution in [0.5, 0.6) is 0 Å². The Hall–Kier alpha value is -0.900. The van der Waals surface area contributed by atoms with Gasteiger partial charge in [0.2, 0.25) is 0 Å². The minimum Gasteiger partial charge on any atom is -0.312 e. The van der Waals surface area contributed by atoms with Crippen molar-refractivity contribution in [2.75, 3.05) is 6.54 Å². The molecule has 60 valence electrons. The third-order valence-electron chi connectivity index (χ3n) is 2.02. The van der Waals surface area contributed by atoms with Crippen LogP contribution in [0.15, 0.2) is 0 Å². The SMILES string of the molecule is FCc1n[nH]c2c1CNCC2. The average molecular weight is 155 g/mol. The van der Waals surface area contributed by atoms with Crippen LogP contribution in [0.25, 0.3) is 0 Å². The first-order valence-corrected chi connectivity index (χ1v) is 3.73. The van der Waals surface area contributed by atoms with Gasteiger partial charge in [0.1, 0.15) is 6.67 Å². The summed E-state index contributed by atoms with van der Waals surface area (Å²) < 4.78 is 12.2. The number of aromatic nitrogens is 2. The zero-order chi connectivity index (χ0) is 7.68. The van der Waals surface area contributed by atoms with E-state index in [1.807, 2.05) is 0 Å². The van der Waals surface area contributed by atoms with E-state index in [0.717, 1.165) is 30.8 Å². The molecule has 2 heterocycles. The molecule has 1 aliphatic rings. The molecule has 0 saturated heterocycles. The van der Waals surface area contributed by atoms with Crippen molar-refractivity contribution < 1.29 is 4.39 Å². The molecule has 1 aromatic rings. The molecular formula is C7H10FN3. The maximum absolute atomic E-state index is 12.2. The van der Waals surface area contributed by atoms with Gasteiger partial charge in [0.05, 0.1) is 5.69 Å². The molecule has 11 heavy (non-hydrogen) atoms. The summed E-state index contributed by atoms with van der Waals surface area (Å²) in [5.41, 5.74) is 2.68. The molecule has 0 radical (unpaired) electrons. The third kappa shape index (κ3) is 1.03. The van der Waals surface area contributed by atoms with E-state index in [1.165, 1.54) is 0 Å². The topological polar surface area (TPSA) is 40.7 Å². The van der Waals surface area contributed by atoms with Gasteiger partial charge in [0, 0.05) is 30.8 Å². The van der Waals surface area contributed by atoms with Gasteiger partial charge in [-0.1, -0.05) is 0 Å². The van der Waals surface area contributed by atoms with Crippen LogP contribution in [-0.4, -0.2) is 16.7 Å². The summed E-state index contributed by atoms with van der Waals surface area (Å²) in [6.07, 6.45) is 0.933. The van der Waals surface area contributed by atoms with Gasteiger partial charge in [-0.25, -0.2) is 4.39 Å². The van der Waals surface area contributed by atoms with Crippen molar-refractivity contribution in [3.05, 3.63) is 17.0 Å². The summed E-state index contributed by atoms with van der Waals surface area (Å²) in [4.78, 5) is 0. The minimum atomic E-state index is -0.465. The van der Waals surface area contributed by atoms with E-state index in [0.29, 0.717) is 5.69 Å². The van der Waals surface area contributed by atoms with Crippen LogP contribution in [0.2, 0.25) is 0 Å². The van der Waals surface area contributed by atoms with E-state index in [-0.39, 0.29) is 0 Å². The van der Waals surface area contributed by atoms with Gasteiger partial charge >= 0.3 is 0 Å².